The lowest BCUT2D eigenvalue weighted by Gasteiger charge is -2.17. The maximum Gasteiger partial charge on any atom is 0.265 e. The molecule has 0 fully saturated rings. The van der Waals surface area contributed by atoms with Gasteiger partial charge in [-0.25, -0.2) is 0 Å². The van der Waals surface area contributed by atoms with Gasteiger partial charge in [0.1, 0.15) is 11.0 Å². The van der Waals surface area contributed by atoms with Crippen molar-refractivity contribution >= 4 is 46.3 Å². The Kier molecular flexibility index (Phi) is 7.44. The van der Waals surface area contributed by atoms with Gasteiger partial charge in [-0.1, -0.05) is 42.5 Å². The molecule has 4 aromatic rings. The van der Waals surface area contributed by atoms with Crippen LogP contribution >= 0.6 is 23.1 Å². The number of rotatable bonds is 8. The van der Waals surface area contributed by atoms with E-state index in [1.807, 2.05) is 84.2 Å². The molecular weight excluding hydrogens is 452 g/mol. The van der Waals surface area contributed by atoms with Crippen LogP contribution in [0.5, 0.6) is 5.75 Å². The van der Waals surface area contributed by atoms with Crippen LogP contribution in [0.4, 0.5) is 11.4 Å². The Balaban J connectivity index is 1.49. The van der Waals surface area contributed by atoms with Gasteiger partial charge in [0.15, 0.2) is 0 Å². The van der Waals surface area contributed by atoms with Crippen LogP contribution in [-0.4, -0.2) is 18.9 Å². The standard InChI is InChI=1S/C26H22N2O3S2/c1-31-21-10-5-9-20(17-21)28-26(30)24(18-7-3-2-4-8-18)33-22-14-12-19(13-15-22)27-25(29)23-11-6-16-32-23/h2-17,24H,1H3,(H,27,29)(H,28,30). The molecule has 3 aromatic carbocycles. The molecule has 0 radical (unpaired) electrons. The summed E-state index contributed by atoms with van der Waals surface area (Å²) < 4.78 is 5.25. The van der Waals surface area contributed by atoms with E-state index in [4.69, 9.17) is 4.74 Å². The summed E-state index contributed by atoms with van der Waals surface area (Å²) in [5.74, 6) is 0.414. The second-order valence-electron chi connectivity index (χ2n) is 7.09. The van der Waals surface area contributed by atoms with E-state index in [-0.39, 0.29) is 11.8 Å². The summed E-state index contributed by atoms with van der Waals surface area (Å²) in [7, 11) is 1.59. The molecule has 0 saturated heterocycles. The largest absolute Gasteiger partial charge is 0.497 e. The minimum atomic E-state index is -0.455. The lowest BCUT2D eigenvalue weighted by atomic mass is 10.1. The Bertz CT molecular complexity index is 1210. The number of amides is 2. The second kappa shape index (κ2) is 10.8. The molecule has 166 valence electrons. The van der Waals surface area contributed by atoms with Crippen LogP contribution < -0.4 is 15.4 Å². The second-order valence-corrected chi connectivity index (χ2v) is 9.21. The molecule has 0 spiro atoms. The predicted octanol–water partition coefficient (Wildman–Crippen LogP) is 6.48. The van der Waals surface area contributed by atoms with Crippen molar-refractivity contribution in [2.24, 2.45) is 0 Å². The normalized spacial score (nSPS) is 11.4. The van der Waals surface area contributed by atoms with Gasteiger partial charge in [0.05, 0.1) is 12.0 Å². The summed E-state index contributed by atoms with van der Waals surface area (Å²) in [6, 6.07) is 28.1. The number of carbonyl (C=O) groups excluding carboxylic acids is 2. The fourth-order valence-corrected chi connectivity index (χ4v) is 4.81. The molecule has 1 atom stereocenters. The minimum absolute atomic E-state index is 0.130. The van der Waals surface area contributed by atoms with Crippen molar-refractivity contribution in [3.8, 4) is 5.75 Å². The Labute approximate surface area is 200 Å². The molecule has 0 aliphatic rings. The third-order valence-corrected chi connectivity index (χ3v) is 6.92. The average Bonchev–Trinajstić information content (AvgIpc) is 3.39. The maximum atomic E-state index is 13.2. The van der Waals surface area contributed by atoms with Gasteiger partial charge in [-0.3, -0.25) is 9.59 Å². The Hall–Kier alpha value is -3.55. The van der Waals surface area contributed by atoms with Gasteiger partial charge >= 0.3 is 0 Å². The van der Waals surface area contributed by atoms with Gasteiger partial charge in [0.2, 0.25) is 5.91 Å². The van der Waals surface area contributed by atoms with Gasteiger partial charge < -0.3 is 15.4 Å². The molecule has 1 aromatic heterocycles. The molecule has 2 N–H and O–H groups in total. The summed E-state index contributed by atoms with van der Waals surface area (Å²) in [6.45, 7) is 0. The first kappa shape index (κ1) is 22.6. The summed E-state index contributed by atoms with van der Waals surface area (Å²) in [5.41, 5.74) is 2.28. The zero-order valence-corrected chi connectivity index (χ0v) is 19.5. The highest BCUT2D eigenvalue weighted by molar-refractivity contribution is 8.00. The van der Waals surface area contributed by atoms with Crippen molar-refractivity contribution in [2.75, 3.05) is 17.7 Å². The van der Waals surface area contributed by atoms with Crippen molar-refractivity contribution in [2.45, 2.75) is 10.1 Å². The van der Waals surface area contributed by atoms with Crippen molar-refractivity contribution in [1.29, 1.82) is 0 Å². The van der Waals surface area contributed by atoms with Crippen molar-refractivity contribution in [3.63, 3.8) is 0 Å². The van der Waals surface area contributed by atoms with Crippen LogP contribution in [0, 0.1) is 0 Å². The van der Waals surface area contributed by atoms with Crippen LogP contribution in [-0.2, 0) is 4.79 Å². The van der Waals surface area contributed by atoms with Crippen LogP contribution in [0.1, 0.15) is 20.5 Å². The summed E-state index contributed by atoms with van der Waals surface area (Å²) >= 11 is 2.85. The van der Waals surface area contributed by atoms with Crippen LogP contribution in [0.2, 0.25) is 0 Å². The smallest absolute Gasteiger partial charge is 0.265 e. The SMILES string of the molecule is COc1cccc(NC(=O)C(Sc2ccc(NC(=O)c3cccs3)cc2)c2ccccc2)c1. The molecule has 0 aliphatic heterocycles. The molecule has 0 saturated carbocycles. The summed E-state index contributed by atoms with van der Waals surface area (Å²) in [6.07, 6.45) is 0. The Morgan fingerprint density at radius 3 is 2.33 bits per heavy atom. The Morgan fingerprint density at radius 1 is 0.848 bits per heavy atom. The molecule has 0 aliphatic carbocycles. The lowest BCUT2D eigenvalue weighted by Crippen LogP contribution is -2.19. The third kappa shape index (κ3) is 6.03. The molecular formula is C26H22N2O3S2. The fraction of sp³-hybridized carbons (Fsp3) is 0.0769. The highest BCUT2D eigenvalue weighted by Crippen LogP contribution is 2.37. The molecule has 2 amide bonds. The van der Waals surface area contributed by atoms with E-state index >= 15 is 0 Å². The van der Waals surface area contributed by atoms with E-state index in [0.717, 1.165) is 10.5 Å². The molecule has 1 unspecified atom stereocenters. The van der Waals surface area contributed by atoms with Crippen LogP contribution in [0.3, 0.4) is 0 Å². The molecule has 33 heavy (non-hydrogen) atoms. The zero-order valence-electron chi connectivity index (χ0n) is 17.9. The topological polar surface area (TPSA) is 67.4 Å². The minimum Gasteiger partial charge on any atom is -0.497 e. The molecule has 0 bridgehead atoms. The van der Waals surface area contributed by atoms with Crippen molar-refractivity contribution in [1.82, 2.24) is 0 Å². The first-order valence-electron chi connectivity index (χ1n) is 10.2. The molecule has 5 nitrogen and oxygen atoms in total. The van der Waals surface area contributed by atoms with E-state index in [1.165, 1.54) is 23.1 Å². The number of hydrogen-bond acceptors (Lipinski definition) is 5. The molecule has 1 heterocycles. The molecule has 7 heteroatoms. The monoisotopic (exact) mass is 474 g/mol. The van der Waals surface area contributed by atoms with Gasteiger partial charge in [0, 0.05) is 22.3 Å². The quantitative estimate of drug-likeness (QED) is 0.287. The highest BCUT2D eigenvalue weighted by atomic mass is 32.2. The number of thiophene rings is 1. The number of benzene rings is 3. The number of carbonyl (C=O) groups is 2. The van der Waals surface area contributed by atoms with Crippen LogP contribution in [0.15, 0.2) is 101 Å². The van der Waals surface area contributed by atoms with Crippen molar-refractivity contribution < 1.29 is 14.3 Å². The summed E-state index contributed by atoms with van der Waals surface area (Å²) in [5, 5.41) is 7.30. The predicted molar refractivity (Wildman–Crippen MR) is 135 cm³/mol. The van der Waals surface area contributed by atoms with E-state index in [0.29, 0.717) is 22.0 Å². The number of hydrogen-bond donors (Lipinski definition) is 2. The number of methoxy groups -OCH3 is 1. The Morgan fingerprint density at radius 2 is 1.64 bits per heavy atom. The third-order valence-electron chi connectivity index (χ3n) is 4.79. The number of thioether (sulfide) groups is 1. The van der Waals surface area contributed by atoms with Crippen LogP contribution in [0.25, 0.3) is 0 Å². The highest BCUT2D eigenvalue weighted by Gasteiger charge is 2.22. The summed E-state index contributed by atoms with van der Waals surface area (Å²) in [4.78, 5) is 27.1. The van der Waals surface area contributed by atoms with Gasteiger partial charge in [-0.2, -0.15) is 0 Å². The number of ether oxygens (including phenoxy) is 1. The molecule has 4 rings (SSSR count). The fourth-order valence-electron chi connectivity index (χ4n) is 3.16. The van der Waals surface area contributed by atoms with Gasteiger partial charge in [-0.05, 0) is 53.4 Å². The van der Waals surface area contributed by atoms with Gasteiger partial charge in [-0.15, -0.1) is 23.1 Å². The van der Waals surface area contributed by atoms with E-state index in [9.17, 15) is 9.59 Å². The maximum absolute atomic E-state index is 13.2. The first-order valence-corrected chi connectivity index (χ1v) is 12.0. The average molecular weight is 475 g/mol. The first-order chi connectivity index (χ1) is 16.1. The van der Waals surface area contributed by atoms with E-state index in [1.54, 1.807) is 19.2 Å². The number of anilines is 2. The number of nitrogens with one attached hydrogen (secondary N) is 2. The van der Waals surface area contributed by atoms with Crippen molar-refractivity contribution in [3.05, 3.63) is 107 Å². The lowest BCUT2D eigenvalue weighted by molar-refractivity contribution is -0.115. The zero-order chi connectivity index (χ0) is 23.0. The van der Waals surface area contributed by atoms with E-state index < -0.39 is 5.25 Å². The van der Waals surface area contributed by atoms with Gasteiger partial charge in [0.25, 0.3) is 5.91 Å². The van der Waals surface area contributed by atoms with E-state index in [2.05, 4.69) is 10.6 Å².